The van der Waals surface area contributed by atoms with Gasteiger partial charge in [-0.1, -0.05) is 76.8 Å². The van der Waals surface area contributed by atoms with Crippen LogP contribution in [0.2, 0.25) is 15.1 Å². The number of phenols is 1. The van der Waals surface area contributed by atoms with Crippen LogP contribution in [-0.4, -0.2) is 45.3 Å². The lowest BCUT2D eigenvalue weighted by Crippen LogP contribution is -2.53. The number of aryl methyl sites for hydroxylation is 1. The standard InChI is InChI=1S/C41H32Cl3F3N4O6/c1-3-57-31-6-4-5-26(34(31)52)33-24-13-14-25-32(38(55)50(36(25)53)23-12-7-19(2)29(43)16-23)27(24)17-28-37(54)51(39(56)40(28,33)20-8-10-22(42)11-9-20)49-35-30(44)15-21(18-48-35)41(45,46)47/h4-13,15-16,18,25,27-28,32-33,52H,3,14,17H2,1-2H3,(H,48,49)/t25-,27+,28-,32-,33+,40+/m0/s1. The van der Waals surface area contributed by atoms with Crippen LogP contribution in [0.3, 0.4) is 0 Å². The van der Waals surface area contributed by atoms with E-state index in [-0.39, 0.29) is 36.5 Å². The molecule has 10 nitrogen and oxygen atoms in total. The fourth-order valence-corrected chi connectivity index (χ4v) is 9.66. The van der Waals surface area contributed by atoms with E-state index in [4.69, 9.17) is 39.5 Å². The van der Waals surface area contributed by atoms with Gasteiger partial charge in [0.2, 0.25) is 11.8 Å². The highest BCUT2D eigenvalue weighted by atomic mass is 35.5. The van der Waals surface area contributed by atoms with Crippen molar-refractivity contribution in [3.63, 3.8) is 0 Å². The van der Waals surface area contributed by atoms with Crippen molar-refractivity contribution in [1.29, 1.82) is 0 Å². The average Bonchev–Trinajstić information content (AvgIpc) is 3.55. The van der Waals surface area contributed by atoms with E-state index in [1.165, 1.54) is 0 Å². The Bertz CT molecular complexity index is 2410. The molecule has 3 fully saturated rings. The number of pyridine rings is 1. The van der Waals surface area contributed by atoms with Crippen molar-refractivity contribution in [2.45, 2.75) is 44.2 Å². The number of allylic oxidation sites excluding steroid dienone is 2. The maximum atomic E-state index is 15.4. The second kappa shape index (κ2) is 14.1. The summed E-state index contributed by atoms with van der Waals surface area (Å²) in [6, 6.07) is 16.6. The number of anilines is 2. The van der Waals surface area contributed by atoms with Gasteiger partial charge in [-0.05, 0) is 80.1 Å². The van der Waals surface area contributed by atoms with Crippen molar-refractivity contribution >= 4 is 69.9 Å². The van der Waals surface area contributed by atoms with Crippen molar-refractivity contribution < 1.29 is 42.2 Å². The quantitative estimate of drug-likeness (QED) is 0.140. The van der Waals surface area contributed by atoms with Crippen LogP contribution in [0.5, 0.6) is 11.5 Å². The molecule has 2 saturated heterocycles. The highest BCUT2D eigenvalue weighted by molar-refractivity contribution is 6.33. The van der Waals surface area contributed by atoms with Gasteiger partial charge < -0.3 is 9.84 Å². The molecular formula is C41H32Cl3F3N4O6. The van der Waals surface area contributed by atoms with Crippen molar-refractivity contribution in [3.05, 3.63) is 122 Å². The zero-order valence-corrected chi connectivity index (χ0v) is 32.4. The molecule has 294 valence electrons. The molecule has 0 spiro atoms. The first-order valence-corrected chi connectivity index (χ1v) is 19.1. The predicted octanol–water partition coefficient (Wildman–Crippen LogP) is 8.66. The molecule has 4 aliphatic rings. The van der Waals surface area contributed by atoms with Crippen LogP contribution in [0.1, 0.15) is 47.9 Å². The van der Waals surface area contributed by atoms with E-state index in [0.717, 1.165) is 10.5 Å². The molecule has 57 heavy (non-hydrogen) atoms. The number of fused-ring (bicyclic) bond motifs is 4. The van der Waals surface area contributed by atoms with Crippen molar-refractivity contribution in [2.24, 2.45) is 23.7 Å². The maximum absolute atomic E-state index is 15.4. The Hall–Kier alpha value is -5.11. The molecule has 4 amide bonds. The summed E-state index contributed by atoms with van der Waals surface area (Å²) in [5.74, 6) is -8.12. The first kappa shape index (κ1) is 38.7. The molecule has 2 aliphatic carbocycles. The SMILES string of the molecule is CCOc1cccc([C@H]2C3=CC[C@@H]4C(=O)N(c5ccc(C)c(Cl)c5)C(=O)[C@@H]4[C@@H]3C[C@H]3C(=O)N(Nc4ncc(C(F)(F)F)cc4Cl)C(=O)[C@@]23c2ccc(Cl)cc2)c1O. The number of rotatable bonds is 7. The first-order valence-electron chi connectivity index (χ1n) is 18.0. The molecule has 0 bridgehead atoms. The number of nitrogens with zero attached hydrogens (tertiary/aromatic N) is 3. The molecule has 1 aromatic heterocycles. The Morgan fingerprint density at radius 1 is 0.947 bits per heavy atom. The summed E-state index contributed by atoms with van der Waals surface area (Å²) in [4.78, 5) is 64.0. The molecule has 8 rings (SSSR count). The minimum absolute atomic E-state index is 0.101. The zero-order chi connectivity index (χ0) is 40.7. The summed E-state index contributed by atoms with van der Waals surface area (Å²) in [6.07, 6.45) is -2.42. The van der Waals surface area contributed by atoms with Crippen LogP contribution in [-0.2, 0) is 30.8 Å². The molecule has 0 unspecified atom stereocenters. The predicted molar refractivity (Wildman–Crippen MR) is 205 cm³/mol. The largest absolute Gasteiger partial charge is 0.504 e. The van der Waals surface area contributed by atoms with E-state index in [0.29, 0.717) is 44.1 Å². The number of aromatic hydroxyl groups is 1. The second-order valence-corrected chi connectivity index (χ2v) is 15.7. The highest BCUT2D eigenvalue weighted by Gasteiger charge is 2.71. The monoisotopic (exact) mass is 838 g/mol. The number of aromatic nitrogens is 1. The Morgan fingerprint density at radius 3 is 2.35 bits per heavy atom. The zero-order valence-electron chi connectivity index (χ0n) is 30.1. The van der Waals surface area contributed by atoms with Crippen LogP contribution >= 0.6 is 34.8 Å². The molecule has 3 heterocycles. The normalized spacial score (nSPS) is 25.6. The first-order chi connectivity index (χ1) is 27.1. The summed E-state index contributed by atoms with van der Waals surface area (Å²) in [5.41, 5.74) is 1.75. The van der Waals surface area contributed by atoms with Gasteiger partial charge in [0.25, 0.3) is 11.8 Å². The Balaban J connectivity index is 1.33. The smallest absolute Gasteiger partial charge is 0.417 e. The number of hydrogen-bond acceptors (Lipinski definition) is 8. The van der Waals surface area contributed by atoms with Gasteiger partial charge in [-0.2, -0.15) is 18.2 Å². The lowest BCUT2D eigenvalue weighted by molar-refractivity contribution is -0.139. The summed E-state index contributed by atoms with van der Waals surface area (Å²) in [6.45, 7) is 3.71. The molecule has 16 heteroatoms. The van der Waals surface area contributed by atoms with Gasteiger partial charge in [-0.25, -0.2) is 9.88 Å². The van der Waals surface area contributed by atoms with E-state index in [1.807, 2.05) is 6.08 Å². The molecule has 2 aliphatic heterocycles. The van der Waals surface area contributed by atoms with E-state index < -0.39 is 81.2 Å². The van der Waals surface area contributed by atoms with Crippen LogP contribution in [0, 0.1) is 30.6 Å². The average molecular weight is 840 g/mol. The molecule has 1 saturated carbocycles. The molecule has 0 radical (unpaired) electrons. The molecule has 2 N–H and O–H groups in total. The fraction of sp³-hybridized carbons (Fsp3) is 0.293. The third-order valence-electron chi connectivity index (χ3n) is 11.6. The lowest BCUT2D eigenvalue weighted by Gasteiger charge is -2.50. The van der Waals surface area contributed by atoms with Crippen LogP contribution in [0.25, 0.3) is 0 Å². The number of para-hydroxylation sites is 1. The Kier molecular flexibility index (Phi) is 9.56. The highest BCUT2D eigenvalue weighted by Crippen LogP contribution is 2.65. The van der Waals surface area contributed by atoms with E-state index in [1.54, 1.807) is 74.5 Å². The Labute approximate surface area is 339 Å². The minimum atomic E-state index is -4.77. The third kappa shape index (κ3) is 5.96. The Morgan fingerprint density at radius 2 is 1.68 bits per heavy atom. The maximum Gasteiger partial charge on any atom is 0.417 e. The summed E-state index contributed by atoms with van der Waals surface area (Å²) in [5, 5.41) is 12.8. The number of amides is 4. The van der Waals surface area contributed by atoms with Crippen molar-refractivity contribution in [2.75, 3.05) is 16.9 Å². The van der Waals surface area contributed by atoms with Gasteiger partial charge in [0.05, 0.1) is 46.0 Å². The van der Waals surface area contributed by atoms with Crippen LogP contribution in [0.4, 0.5) is 24.7 Å². The minimum Gasteiger partial charge on any atom is -0.504 e. The number of carbonyl (C=O) groups excluding carboxylic acids is 4. The number of phenolic OH excluding ortho intramolecular Hbond substituents is 1. The number of hydrogen-bond donors (Lipinski definition) is 2. The van der Waals surface area contributed by atoms with Crippen LogP contribution < -0.4 is 15.1 Å². The van der Waals surface area contributed by atoms with Gasteiger partial charge >= 0.3 is 6.18 Å². The number of hydrazine groups is 1. The summed E-state index contributed by atoms with van der Waals surface area (Å²) >= 11 is 19.0. The third-order valence-corrected chi connectivity index (χ3v) is 12.6. The molecule has 6 atom stereocenters. The van der Waals surface area contributed by atoms with Gasteiger partial charge in [0.1, 0.15) is 0 Å². The van der Waals surface area contributed by atoms with Gasteiger partial charge in [0.15, 0.2) is 17.3 Å². The summed E-state index contributed by atoms with van der Waals surface area (Å²) in [7, 11) is 0. The molecule has 4 aromatic rings. The number of nitrogens with one attached hydrogen (secondary N) is 1. The topological polar surface area (TPSA) is 129 Å². The number of carbonyl (C=O) groups is 4. The number of ether oxygens (including phenoxy) is 1. The van der Waals surface area contributed by atoms with E-state index >= 15 is 4.79 Å². The summed E-state index contributed by atoms with van der Waals surface area (Å²) < 4.78 is 46.3. The number of imide groups is 2. The van der Waals surface area contributed by atoms with E-state index in [9.17, 15) is 32.7 Å². The van der Waals surface area contributed by atoms with E-state index in [2.05, 4.69) is 10.4 Å². The number of alkyl halides is 3. The van der Waals surface area contributed by atoms with Gasteiger partial charge in [0, 0.05) is 27.7 Å². The van der Waals surface area contributed by atoms with Crippen LogP contribution in [0.15, 0.2) is 84.6 Å². The lowest BCUT2D eigenvalue weighted by atomic mass is 9.49. The molecule has 3 aromatic carbocycles. The number of halogens is 6. The van der Waals surface area contributed by atoms with Crippen molar-refractivity contribution in [3.8, 4) is 11.5 Å². The van der Waals surface area contributed by atoms with Gasteiger partial charge in [-0.3, -0.25) is 24.6 Å². The fourth-order valence-electron chi connectivity index (χ4n) is 9.15. The number of benzene rings is 3. The molecular weight excluding hydrogens is 808 g/mol. The second-order valence-electron chi connectivity index (χ2n) is 14.5. The van der Waals surface area contributed by atoms with Gasteiger partial charge in [-0.15, -0.1) is 0 Å². The van der Waals surface area contributed by atoms with Crippen molar-refractivity contribution in [1.82, 2.24) is 9.99 Å².